The molecule has 0 unspecified atom stereocenters. The third-order valence-corrected chi connectivity index (χ3v) is 6.38. The van der Waals surface area contributed by atoms with Gasteiger partial charge in [-0.3, -0.25) is 4.79 Å². The monoisotopic (exact) mass is 403 g/mol. The van der Waals surface area contributed by atoms with E-state index in [1.807, 2.05) is 19.2 Å². The predicted molar refractivity (Wildman–Crippen MR) is 106 cm³/mol. The fourth-order valence-electron chi connectivity index (χ4n) is 2.93. The molecule has 1 aromatic rings. The van der Waals surface area contributed by atoms with Crippen LogP contribution >= 0.6 is 12.4 Å². The van der Waals surface area contributed by atoms with Gasteiger partial charge in [0.1, 0.15) is 0 Å². The summed E-state index contributed by atoms with van der Waals surface area (Å²) in [5.74, 6) is 0.0107. The van der Waals surface area contributed by atoms with E-state index in [0.717, 1.165) is 37.8 Å². The lowest BCUT2D eigenvalue weighted by molar-refractivity contribution is -0.121. The van der Waals surface area contributed by atoms with Crippen molar-refractivity contribution >= 4 is 28.3 Å². The number of hydrogen-bond acceptors (Lipinski definition) is 4. The molecule has 26 heavy (non-hydrogen) atoms. The summed E-state index contributed by atoms with van der Waals surface area (Å²) in [6.45, 7) is 2.57. The summed E-state index contributed by atoms with van der Waals surface area (Å²) in [6.07, 6.45) is 5.07. The Hall–Kier alpha value is -1.15. The van der Waals surface area contributed by atoms with Gasteiger partial charge in [0, 0.05) is 32.6 Å². The number of sulfonamides is 1. The van der Waals surface area contributed by atoms with Crippen LogP contribution in [0.25, 0.3) is 0 Å². The maximum absolute atomic E-state index is 12.7. The number of aryl methyl sites for hydroxylation is 1. The molecule has 6 nitrogen and oxygen atoms in total. The van der Waals surface area contributed by atoms with E-state index in [1.54, 1.807) is 16.4 Å². The molecule has 2 N–H and O–H groups in total. The first-order valence-corrected chi connectivity index (χ1v) is 10.5. The fourth-order valence-corrected chi connectivity index (χ4v) is 4.45. The molecule has 0 bridgehead atoms. The number of hydrogen-bond donors (Lipinski definition) is 2. The number of nitrogens with zero attached hydrogens (tertiary/aromatic N) is 1. The van der Waals surface area contributed by atoms with Crippen LogP contribution in [0.15, 0.2) is 29.2 Å². The van der Waals surface area contributed by atoms with Crippen molar-refractivity contribution < 1.29 is 13.2 Å². The second kappa shape index (κ2) is 11.5. The van der Waals surface area contributed by atoms with Crippen molar-refractivity contribution in [3.63, 3.8) is 0 Å². The first-order chi connectivity index (χ1) is 12.0. The second-order valence-electron chi connectivity index (χ2n) is 6.42. The van der Waals surface area contributed by atoms with Gasteiger partial charge in [0.05, 0.1) is 4.90 Å². The Bertz CT molecular complexity index is 642. The standard InChI is InChI=1S/C18H29N3O3S.ClH/c1-19-12-13-20-18(22)11-8-16-6-9-17(10-7-16)25(23,24)21-14-4-2-3-5-15-21;/h6-7,9-10,19H,2-5,8,11-15H2,1H3,(H,20,22);1H. The number of carbonyl (C=O) groups excluding carboxylic acids is 1. The number of carbonyl (C=O) groups is 1. The van der Waals surface area contributed by atoms with Crippen molar-refractivity contribution in [3.05, 3.63) is 29.8 Å². The highest BCUT2D eigenvalue weighted by Gasteiger charge is 2.24. The zero-order chi connectivity index (χ0) is 18.1. The van der Waals surface area contributed by atoms with Crippen LogP contribution in [0.3, 0.4) is 0 Å². The zero-order valence-electron chi connectivity index (χ0n) is 15.4. The zero-order valence-corrected chi connectivity index (χ0v) is 17.0. The van der Waals surface area contributed by atoms with E-state index in [4.69, 9.17) is 0 Å². The molecule has 0 radical (unpaired) electrons. The third kappa shape index (κ3) is 6.87. The minimum absolute atomic E-state index is 0. The summed E-state index contributed by atoms with van der Waals surface area (Å²) in [6, 6.07) is 6.94. The molecule has 2 rings (SSSR count). The molecule has 1 aliphatic rings. The van der Waals surface area contributed by atoms with E-state index >= 15 is 0 Å². The lowest BCUT2D eigenvalue weighted by Gasteiger charge is -2.20. The van der Waals surface area contributed by atoms with E-state index in [1.165, 1.54) is 0 Å². The average Bonchev–Trinajstić information content (AvgIpc) is 2.90. The maximum Gasteiger partial charge on any atom is 0.243 e. The molecule has 1 aliphatic heterocycles. The highest BCUT2D eigenvalue weighted by Crippen LogP contribution is 2.20. The number of rotatable bonds is 8. The Kier molecular flexibility index (Phi) is 10.2. The van der Waals surface area contributed by atoms with Crippen LogP contribution in [-0.2, 0) is 21.2 Å². The molecule has 0 aliphatic carbocycles. The minimum Gasteiger partial charge on any atom is -0.355 e. The maximum atomic E-state index is 12.7. The van der Waals surface area contributed by atoms with Crippen molar-refractivity contribution in [3.8, 4) is 0 Å². The Labute approximate surface area is 163 Å². The van der Waals surface area contributed by atoms with Gasteiger partial charge in [-0.05, 0) is 44.0 Å². The van der Waals surface area contributed by atoms with E-state index in [2.05, 4.69) is 10.6 Å². The lowest BCUT2D eigenvalue weighted by Crippen LogP contribution is -2.31. The normalized spacial score (nSPS) is 15.7. The van der Waals surface area contributed by atoms with Crippen molar-refractivity contribution in [2.75, 3.05) is 33.2 Å². The quantitative estimate of drug-likeness (QED) is 0.650. The molecule has 8 heteroatoms. The Morgan fingerprint density at radius 3 is 2.23 bits per heavy atom. The molecular weight excluding hydrogens is 374 g/mol. The second-order valence-corrected chi connectivity index (χ2v) is 8.35. The summed E-state index contributed by atoms with van der Waals surface area (Å²) in [4.78, 5) is 12.1. The van der Waals surface area contributed by atoms with Gasteiger partial charge in [-0.2, -0.15) is 4.31 Å². The fraction of sp³-hybridized carbons (Fsp3) is 0.611. The van der Waals surface area contributed by atoms with Gasteiger partial charge in [0.15, 0.2) is 0 Å². The molecule has 0 atom stereocenters. The van der Waals surface area contributed by atoms with Crippen LogP contribution in [0, 0.1) is 0 Å². The lowest BCUT2D eigenvalue weighted by atomic mass is 10.1. The van der Waals surface area contributed by atoms with Crippen LogP contribution in [0.1, 0.15) is 37.7 Å². The van der Waals surface area contributed by atoms with Crippen molar-refractivity contribution in [2.24, 2.45) is 0 Å². The molecule has 1 amide bonds. The van der Waals surface area contributed by atoms with Gasteiger partial charge in [-0.25, -0.2) is 8.42 Å². The van der Waals surface area contributed by atoms with E-state index in [0.29, 0.717) is 37.4 Å². The van der Waals surface area contributed by atoms with Crippen molar-refractivity contribution in [2.45, 2.75) is 43.4 Å². The molecule has 1 fully saturated rings. The first-order valence-electron chi connectivity index (χ1n) is 9.04. The van der Waals surface area contributed by atoms with Gasteiger partial charge >= 0.3 is 0 Å². The molecule has 0 aromatic heterocycles. The topological polar surface area (TPSA) is 78.5 Å². The van der Waals surface area contributed by atoms with Gasteiger partial charge in [0.25, 0.3) is 0 Å². The molecule has 0 spiro atoms. The van der Waals surface area contributed by atoms with E-state index in [-0.39, 0.29) is 18.3 Å². The molecule has 1 heterocycles. The summed E-state index contributed by atoms with van der Waals surface area (Å²) in [5.41, 5.74) is 0.971. The Morgan fingerprint density at radius 1 is 1.04 bits per heavy atom. The number of likely N-dealkylation sites (N-methyl/N-ethyl adjacent to an activating group) is 1. The summed E-state index contributed by atoms with van der Waals surface area (Å²) < 4.78 is 27.0. The average molecular weight is 404 g/mol. The summed E-state index contributed by atoms with van der Waals surface area (Å²) >= 11 is 0. The summed E-state index contributed by atoms with van der Waals surface area (Å²) in [7, 11) is -1.56. The molecule has 1 saturated heterocycles. The van der Waals surface area contributed by atoms with E-state index < -0.39 is 10.0 Å². The number of benzene rings is 1. The Balaban J connectivity index is 0.00000338. The van der Waals surface area contributed by atoms with Crippen LogP contribution in [0.5, 0.6) is 0 Å². The van der Waals surface area contributed by atoms with Crippen LogP contribution in [0.2, 0.25) is 0 Å². The predicted octanol–water partition coefficient (Wildman–Crippen LogP) is 1.94. The number of nitrogens with one attached hydrogen (secondary N) is 2. The largest absolute Gasteiger partial charge is 0.355 e. The first kappa shape index (κ1) is 22.9. The van der Waals surface area contributed by atoms with Crippen LogP contribution in [0.4, 0.5) is 0 Å². The minimum atomic E-state index is -3.40. The Morgan fingerprint density at radius 2 is 1.65 bits per heavy atom. The van der Waals surface area contributed by atoms with Crippen LogP contribution in [-0.4, -0.2) is 51.9 Å². The van der Waals surface area contributed by atoms with Crippen molar-refractivity contribution in [1.82, 2.24) is 14.9 Å². The molecule has 1 aromatic carbocycles. The number of halogens is 1. The van der Waals surface area contributed by atoms with Gasteiger partial charge in [0.2, 0.25) is 15.9 Å². The smallest absolute Gasteiger partial charge is 0.243 e. The highest BCUT2D eigenvalue weighted by molar-refractivity contribution is 7.89. The SMILES string of the molecule is CNCCNC(=O)CCc1ccc(S(=O)(=O)N2CCCCCC2)cc1.Cl. The molecule has 148 valence electrons. The highest BCUT2D eigenvalue weighted by atomic mass is 35.5. The molecular formula is C18H30ClN3O3S. The van der Waals surface area contributed by atoms with Crippen LogP contribution < -0.4 is 10.6 Å². The van der Waals surface area contributed by atoms with E-state index in [9.17, 15) is 13.2 Å². The summed E-state index contributed by atoms with van der Waals surface area (Å²) in [5, 5.41) is 5.81. The van der Waals surface area contributed by atoms with Gasteiger partial charge in [-0.1, -0.05) is 25.0 Å². The number of amides is 1. The van der Waals surface area contributed by atoms with Gasteiger partial charge in [-0.15, -0.1) is 12.4 Å². The third-order valence-electron chi connectivity index (χ3n) is 4.46. The van der Waals surface area contributed by atoms with Crippen molar-refractivity contribution in [1.29, 1.82) is 0 Å². The molecule has 0 saturated carbocycles. The van der Waals surface area contributed by atoms with Gasteiger partial charge < -0.3 is 10.6 Å².